The predicted molar refractivity (Wildman–Crippen MR) is 75.3 cm³/mol. The molecule has 1 amide bonds. The number of amides is 1. The molecule has 111 valence electrons. The molecule has 0 aromatic carbocycles. The minimum atomic E-state index is -0.524. The lowest BCUT2D eigenvalue weighted by atomic mass is 9.99. The number of hydrogen-bond donors (Lipinski definition) is 2. The van der Waals surface area contributed by atoms with Crippen LogP contribution in [-0.2, 0) is 10.3 Å². The Labute approximate surface area is 119 Å². The average Bonchev–Trinajstić information content (AvgIpc) is 2.90. The number of nitrogens with zero attached hydrogens (tertiary/aromatic N) is 2. The molecule has 0 unspecified atom stereocenters. The first-order valence-corrected chi connectivity index (χ1v) is 7.05. The number of rotatable bonds is 6. The number of hydrogen-bond acceptors (Lipinski definition) is 4. The molecule has 1 fully saturated rings. The largest absolute Gasteiger partial charge is 0.381 e. The molecule has 0 bridgehead atoms. The van der Waals surface area contributed by atoms with Crippen molar-refractivity contribution < 1.29 is 9.53 Å². The normalized spacial score (nSPS) is 17.3. The Kier molecular flexibility index (Phi) is 4.77. The Hall–Kier alpha value is -1.40. The fraction of sp³-hybridized carbons (Fsp3) is 0.714. The number of nitrogens with one attached hydrogen (secondary N) is 1. The summed E-state index contributed by atoms with van der Waals surface area (Å²) >= 11 is 0. The first-order chi connectivity index (χ1) is 9.50. The molecule has 20 heavy (non-hydrogen) atoms. The van der Waals surface area contributed by atoms with Gasteiger partial charge in [0.15, 0.2) is 5.82 Å². The molecule has 6 heteroatoms. The molecule has 2 heterocycles. The van der Waals surface area contributed by atoms with Crippen molar-refractivity contribution >= 4 is 5.91 Å². The number of primary amides is 1. The number of carbonyl (C=O) groups is 1. The summed E-state index contributed by atoms with van der Waals surface area (Å²) in [5.74, 6) is 0.399. The number of imidazole rings is 1. The van der Waals surface area contributed by atoms with E-state index in [4.69, 9.17) is 10.5 Å². The Balaban J connectivity index is 1.89. The van der Waals surface area contributed by atoms with Crippen LogP contribution in [0.1, 0.15) is 37.3 Å². The first kappa shape index (κ1) is 15.0. The maximum atomic E-state index is 11.3. The summed E-state index contributed by atoms with van der Waals surface area (Å²) in [6.45, 7) is 7.53. The highest BCUT2D eigenvalue weighted by Gasteiger charge is 2.25. The van der Waals surface area contributed by atoms with Crippen molar-refractivity contribution in [2.45, 2.75) is 32.2 Å². The van der Waals surface area contributed by atoms with Crippen LogP contribution in [0.5, 0.6) is 0 Å². The maximum Gasteiger partial charge on any atom is 0.284 e. The Morgan fingerprint density at radius 3 is 2.95 bits per heavy atom. The van der Waals surface area contributed by atoms with Crippen LogP contribution < -0.4 is 11.1 Å². The van der Waals surface area contributed by atoms with Crippen LogP contribution in [0.25, 0.3) is 0 Å². The Morgan fingerprint density at radius 2 is 2.30 bits per heavy atom. The fourth-order valence-corrected chi connectivity index (χ4v) is 2.52. The van der Waals surface area contributed by atoms with Crippen LogP contribution >= 0.6 is 0 Å². The van der Waals surface area contributed by atoms with Crippen molar-refractivity contribution in [1.82, 2.24) is 14.9 Å². The summed E-state index contributed by atoms with van der Waals surface area (Å²) in [5, 5.41) is 3.48. The van der Waals surface area contributed by atoms with E-state index in [0.717, 1.165) is 39.1 Å². The summed E-state index contributed by atoms with van der Waals surface area (Å²) in [7, 11) is 0. The van der Waals surface area contributed by atoms with Gasteiger partial charge in [-0.1, -0.05) is 0 Å². The van der Waals surface area contributed by atoms with Gasteiger partial charge in [0.1, 0.15) is 6.20 Å². The molecular formula is C14H23N4O2. The van der Waals surface area contributed by atoms with E-state index in [1.54, 1.807) is 10.8 Å². The van der Waals surface area contributed by atoms with Gasteiger partial charge >= 0.3 is 0 Å². The quantitative estimate of drug-likeness (QED) is 0.796. The van der Waals surface area contributed by atoms with Gasteiger partial charge in [-0.25, -0.2) is 4.98 Å². The van der Waals surface area contributed by atoms with Gasteiger partial charge in [0.2, 0.25) is 0 Å². The third-order valence-electron chi connectivity index (χ3n) is 3.79. The molecule has 1 saturated heterocycles. The van der Waals surface area contributed by atoms with E-state index in [-0.39, 0.29) is 11.4 Å². The van der Waals surface area contributed by atoms with E-state index in [0.29, 0.717) is 5.92 Å². The molecule has 0 aliphatic carbocycles. The predicted octanol–water partition coefficient (Wildman–Crippen LogP) is 0.533. The molecule has 6 nitrogen and oxygen atoms in total. The monoisotopic (exact) mass is 279 g/mol. The van der Waals surface area contributed by atoms with Crippen LogP contribution in [0.3, 0.4) is 0 Å². The van der Waals surface area contributed by atoms with Crippen LogP contribution in [0.4, 0.5) is 0 Å². The third kappa shape index (κ3) is 3.58. The summed E-state index contributed by atoms with van der Waals surface area (Å²) < 4.78 is 7.14. The highest BCUT2D eigenvalue weighted by molar-refractivity contribution is 5.89. The topological polar surface area (TPSA) is 82.2 Å². The van der Waals surface area contributed by atoms with E-state index >= 15 is 0 Å². The second-order valence-electron chi connectivity index (χ2n) is 5.93. The molecule has 1 aromatic heterocycles. The van der Waals surface area contributed by atoms with Crippen LogP contribution in [-0.4, -0.2) is 41.8 Å². The second-order valence-corrected chi connectivity index (χ2v) is 5.93. The van der Waals surface area contributed by atoms with E-state index in [1.165, 1.54) is 0 Å². The van der Waals surface area contributed by atoms with Gasteiger partial charge in [-0.2, -0.15) is 0 Å². The first-order valence-electron chi connectivity index (χ1n) is 7.05. The van der Waals surface area contributed by atoms with E-state index in [9.17, 15) is 4.79 Å². The van der Waals surface area contributed by atoms with Gasteiger partial charge in [-0.05, 0) is 39.2 Å². The van der Waals surface area contributed by atoms with Gasteiger partial charge in [0.05, 0.1) is 5.54 Å². The summed E-state index contributed by atoms with van der Waals surface area (Å²) in [5.41, 5.74) is 5.05. The number of aromatic nitrogens is 2. The van der Waals surface area contributed by atoms with Gasteiger partial charge in [-0.3, -0.25) is 4.79 Å². The maximum absolute atomic E-state index is 11.3. The highest BCUT2D eigenvalue weighted by atomic mass is 16.5. The Morgan fingerprint density at radius 1 is 1.60 bits per heavy atom. The molecule has 2 rings (SSSR count). The molecule has 1 aliphatic rings. The highest BCUT2D eigenvalue weighted by Crippen LogP contribution is 2.17. The SMILES string of the molecule is CC(C)(CNCC1CCOCC1)n1c[c]nc1C(N)=O. The molecule has 0 saturated carbocycles. The Bertz CT molecular complexity index is 450. The van der Waals surface area contributed by atoms with Crippen molar-refractivity contribution in [1.29, 1.82) is 0 Å². The van der Waals surface area contributed by atoms with Crippen LogP contribution in [0.15, 0.2) is 6.20 Å². The lowest BCUT2D eigenvalue weighted by molar-refractivity contribution is 0.0656. The minimum Gasteiger partial charge on any atom is -0.381 e. The van der Waals surface area contributed by atoms with Crippen LogP contribution in [0.2, 0.25) is 0 Å². The lowest BCUT2D eigenvalue weighted by Crippen LogP contribution is -2.42. The molecule has 0 atom stereocenters. The standard InChI is InChI=1S/C14H23N4O2/c1-14(2,18-6-5-17-13(18)12(15)19)10-16-9-11-3-7-20-8-4-11/h6,11,16H,3-4,7-10H2,1-2H3,(H2,15,19). The van der Waals surface area contributed by atoms with Crippen molar-refractivity contribution in [2.75, 3.05) is 26.3 Å². The zero-order valence-corrected chi connectivity index (χ0v) is 12.2. The van der Waals surface area contributed by atoms with Crippen molar-refractivity contribution in [3.8, 4) is 0 Å². The molecule has 1 radical (unpaired) electrons. The summed E-state index contributed by atoms with van der Waals surface area (Å²) in [6, 6.07) is 0. The number of carbonyl (C=O) groups excluding carboxylic acids is 1. The average molecular weight is 279 g/mol. The van der Waals surface area contributed by atoms with E-state index in [2.05, 4.69) is 16.5 Å². The fourth-order valence-electron chi connectivity index (χ4n) is 2.52. The summed E-state index contributed by atoms with van der Waals surface area (Å²) in [4.78, 5) is 15.2. The van der Waals surface area contributed by atoms with Crippen molar-refractivity contribution in [2.24, 2.45) is 11.7 Å². The molecule has 1 aliphatic heterocycles. The molecule has 1 aromatic rings. The molecular weight excluding hydrogens is 256 g/mol. The van der Waals surface area contributed by atoms with Gasteiger partial charge in [0.25, 0.3) is 5.91 Å². The zero-order valence-electron chi connectivity index (χ0n) is 12.2. The molecule has 0 spiro atoms. The van der Waals surface area contributed by atoms with E-state index in [1.807, 2.05) is 13.8 Å². The van der Waals surface area contributed by atoms with Crippen molar-refractivity contribution in [3.63, 3.8) is 0 Å². The van der Waals surface area contributed by atoms with Crippen molar-refractivity contribution in [3.05, 3.63) is 18.2 Å². The zero-order chi connectivity index (χ0) is 14.6. The van der Waals surface area contributed by atoms with Gasteiger partial charge in [0, 0.05) is 26.0 Å². The molecule has 3 N–H and O–H groups in total. The van der Waals surface area contributed by atoms with E-state index < -0.39 is 5.91 Å². The van der Waals surface area contributed by atoms with Gasteiger partial charge in [-0.15, -0.1) is 0 Å². The van der Waals surface area contributed by atoms with Gasteiger partial charge < -0.3 is 20.4 Å². The summed E-state index contributed by atoms with van der Waals surface area (Å²) in [6.07, 6.45) is 6.59. The third-order valence-corrected chi connectivity index (χ3v) is 3.79. The number of ether oxygens (including phenoxy) is 1. The lowest BCUT2D eigenvalue weighted by Gasteiger charge is -2.30. The minimum absolute atomic E-state index is 0.253. The number of nitrogens with two attached hydrogens (primary N) is 1. The van der Waals surface area contributed by atoms with Crippen LogP contribution in [0, 0.1) is 12.1 Å². The smallest absolute Gasteiger partial charge is 0.284 e. The second kappa shape index (κ2) is 6.37.